The minimum absolute atomic E-state index is 0.00527. The third kappa shape index (κ3) is 4.37. The van der Waals surface area contributed by atoms with E-state index >= 15 is 0 Å². The van der Waals surface area contributed by atoms with Crippen LogP contribution in [0.15, 0.2) is 39.9 Å². The zero-order valence-corrected chi connectivity index (χ0v) is 16.0. The van der Waals surface area contributed by atoms with Crippen molar-refractivity contribution in [1.82, 2.24) is 20.2 Å². The Morgan fingerprint density at radius 3 is 2.74 bits per heavy atom. The second-order valence-electron chi connectivity index (χ2n) is 6.26. The van der Waals surface area contributed by atoms with Crippen LogP contribution in [-0.2, 0) is 21.2 Å². The van der Waals surface area contributed by atoms with Crippen molar-refractivity contribution in [1.29, 1.82) is 0 Å². The van der Waals surface area contributed by atoms with Crippen molar-refractivity contribution in [3.63, 3.8) is 0 Å². The van der Waals surface area contributed by atoms with E-state index in [1.165, 1.54) is 6.92 Å². The van der Waals surface area contributed by atoms with Gasteiger partial charge in [-0.15, -0.1) is 0 Å². The maximum atomic E-state index is 12.3. The van der Waals surface area contributed by atoms with E-state index in [9.17, 15) is 13.2 Å². The Labute approximate surface area is 157 Å². The van der Waals surface area contributed by atoms with Gasteiger partial charge < -0.3 is 14.8 Å². The lowest BCUT2D eigenvalue weighted by molar-refractivity contribution is -0.120. The number of aromatic amines is 1. The minimum Gasteiger partial charge on any atom is -0.361 e. The number of hydrogen-bond acceptors (Lipinski definition) is 5. The molecule has 9 heteroatoms. The first-order chi connectivity index (χ1) is 12.9. The average Bonchev–Trinajstić information content (AvgIpc) is 3.18. The summed E-state index contributed by atoms with van der Waals surface area (Å²) in [5, 5.41) is 7.58. The van der Waals surface area contributed by atoms with E-state index < -0.39 is 10.0 Å². The summed E-state index contributed by atoms with van der Waals surface area (Å²) >= 11 is 0. The number of benzene rings is 1. The lowest BCUT2D eigenvalue weighted by Gasteiger charge is -2.07. The molecule has 0 atom stereocenters. The fourth-order valence-electron chi connectivity index (χ4n) is 2.99. The lowest BCUT2D eigenvalue weighted by atomic mass is 10.1. The molecule has 144 valence electrons. The molecule has 0 fully saturated rings. The quantitative estimate of drug-likeness (QED) is 0.542. The van der Waals surface area contributed by atoms with Crippen molar-refractivity contribution in [2.24, 2.45) is 0 Å². The molecule has 8 nitrogen and oxygen atoms in total. The maximum absolute atomic E-state index is 12.3. The van der Waals surface area contributed by atoms with Crippen molar-refractivity contribution in [2.75, 3.05) is 13.1 Å². The summed E-state index contributed by atoms with van der Waals surface area (Å²) in [6.45, 7) is 3.58. The normalized spacial score (nSPS) is 11.8. The molecule has 0 bridgehead atoms. The summed E-state index contributed by atoms with van der Waals surface area (Å²) in [6, 6.07) is 7.98. The van der Waals surface area contributed by atoms with E-state index in [0.29, 0.717) is 18.7 Å². The molecule has 1 amide bonds. The number of nitrogens with zero attached hydrogens (tertiary/aromatic N) is 1. The van der Waals surface area contributed by atoms with E-state index in [0.717, 1.165) is 16.5 Å². The Bertz CT molecular complexity index is 1030. The molecule has 1 aromatic carbocycles. The van der Waals surface area contributed by atoms with Gasteiger partial charge in [-0.3, -0.25) is 4.79 Å². The topological polar surface area (TPSA) is 117 Å². The Morgan fingerprint density at radius 2 is 2.00 bits per heavy atom. The van der Waals surface area contributed by atoms with E-state index in [-0.39, 0.29) is 29.5 Å². The van der Waals surface area contributed by atoms with Gasteiger partial charge in [0.25, 0.3) is 0 Å². The monoisotopic (exact) mass is 390 g/mol. The number of aromatic nitrogens is 2. The fraction of sp³-hybridized carbons (Fsp3) is 0.333. The predicted octanol–water partition coefficient (Wildman–Crippen LogP) is 1.80. The third-order valence-corrected chi connectivity index (χ3v) is 5.98. The minimum atomic E-state index is -3.74. The third-order valence-electron chi connectivity index (χ3n) is 4.27. The molecule has 3 N–H and O–H groups in total. The molecule has 0 aliphatic rings. The summed E-state index contributed by atoms with van der Waals surface area (Å²) in [4.78, 5) is 15.2. The highest BCUT2D eigenvalue weighted by atomic mass is 32.2. The first kappa shape index (κ1) is 19.1. The molecule has 0 aliphatic carbocycles. The van der Waals surface area contributed by atoms with Gasteiger partial charge in [0.15, 0.2) is 5.76 Å². The average molecular weight is 390 g/mol. The maximum Gasteiger partial charge on any atom is 0.245 e. The number of aryl methyl sites for hydroxylation is 2. The van der Waals surface area contributed by atoms with Crippen molar-refractivity contribution >= 4 is 26.8 Å². The Morgan fingerprint density at radius 1 is 1.22 bits per heavy atom. The molecule has 3 rings (SSSR count). The highest BCUT2D eigenvalue weighted by molar-refractivity contribution is 7.89. The standard InChI is InChI=1S/C18H22N4O4S/c1-12-18(13(2)26-22-12)27(24,25)21-10-8-17(23)19-9-7-14-11-20-16-6-4-3-5-15(14)16/h3-6,11,20-21H,7-10H2,1-2H3,(H,19,23). The zero-order valence-electron chi connectivity index (χ0n) is 15.2. The molecule has 0 radical (unpaired) electrons. The number of para-hydroxylation sites is 1. The second kappa shape index (κ2) is 7.93. The molecule has 0 saturated carbocycles. The molecule has 3 aromatic rings. The molecule has 0 unspecified atom stereocenters. The molecular formula is C18H22N4O4S. The van der Waals surface area contributed by atoms with Crippen LogP contribution in [0.1, 0.15) is 23.4 Å². The molecule has 0 aliphatic heterocycles. The number of nitrogens with one attached hydrogen (secondary N) is 3. The molecule has 0 spiro atoms. The van der Waals surface area contributed by atoms with E-state index in [2.05, 4.69) is 20.2 Å². The van der Waals surface area contributed by atoms with Gasteiger partial charge in [0.2, 0.25) is 15.9 Å². The van der Waals surface area contributed by atoms with E-state index in [1.807, 2.05) is 30.5 Å². The summed E-state index contributed by atoms with van der Waals surface area (Å²) in [5.74, 6) is 0.0134. The lowest BCUT2D eigenvalue weighted by Crippen LogP contribution is -2.32. The van der Waals surface area contributed by atoms with Crippen LogP contribution in [0.5, 0.6) is 0 Å². The Balaban J connectivity index is 1.45. The van der Waals surface area contributed by atoms with Crippen LogP contribution >= 0.6 is 0 Å². The first-order valence-corrected chi connectivity index (χ1v) is 10.1. The Hall–Kier alpha value is -2.65. The number of fused-ring (bicyclic) bond motifs is 1. The summed E-state index contributed by atoms with van der Waals surface area (Å²) < 4.78 is 31.8. The number of hydrogen-bond donors (Lipinski definition) is 3. The summed E-state index contributed by atoms with van der Waals surface area (Å²) in [7, 11) is -3.74. The largest absolute Gasteiger partial charge is 0.361 e. The van der Waals surface area contributed by atoms with Crippen molar-refractivity contribution in [3.05, 3.63) is 47.5 Å². The van der Waals surface area contributed by atoms with Gasteiger partial charge in [0.1, 0.15) is 10.6 Å². The molecule has 0 saturated heterocycles. The highest BCUT2D eigenvalue weighted by Gasteiger charge is 2.23. The molecule has 2 aromatic heterocycles. The highest BCUT2D eigenvalue weighted by Crippen LogP contribution is 2.19. The van der Waals surface area contributed by atoms with Crippen LogP contribution < -0.4 is 10.0 Å². The van der Waals surface area contributed by atoms with Crippen LogP contribution in [0.3, 0.4) is 0 Å². The number of carbonyl (C=O) groups excluding carboxylic acids is 1. The van der Waals surface area contributed by atoms with Crippen LogP contribution in [0.4, 0.5) is 0 Å². The smallest absolute Gasteiger partial charge is 0.245 e. The van der Waals surface area contributed by atoms with Crippen molar-refractivity contribution in [2.45, 2.75) is 31.6 Å². The van der Waals surface area contributed by atoms with Crippen molar-refractivity contribution in [3.8, 4) is 0 Å². The Kier molecular flexibility index (Phi) is 5.62. The SMILES string of the molecule is Cc1noc(C)c1S(=O)(=O)NCCC(=O)NCCc1c[nH]c2ccccc12. The van der Waals surface area contributed by atoms with Gasteiger partial charge in [-0.25, -0.2) is 13.1 Å². The first-order valence-electron chi connectivity index (χ1n) is 8.62. The summed E-state index contributed by atoms with van der Waals surface area (Å²) in [6.07, 6.45) is 2.69. The molecule has 27 heavy (non-hydrogen) atoms. The van der Waals surface area contributed by atoms with Crippen LogP contribution in [0, 0.1) is 13.8 Å². The second-order valence-corrected chi connectivity index (χ2v) is 7.96. The van der Waals surface area contributed by atoms with Gasteiger partial charge in [0.05, 0.1) is 0 Å². The van der Waals surface area contributed by atoms with Gasteiger partial charge in [0, 0.05) is 36.6 Å². The van der Waals surface area contributed by atoms with Crippen LogP contribution in [0.2, 0.25) is 0 Å². The predicted molar refractivity (Wildman–Crippen MR) is 101 cm³/mol. The van der Waals surface area contributed by atoms with Crippen LogP contribution in [0.25, 0.3) is 10.9 Å². The molecular weight excluding hydrogens is 368 g/mol. The number of amides is 1. The van der Waals surface area contributed by atoms with Gasteiger partial charge in [-0.05, 0) is 31.9 Å². The van der Waals surface area contributed by atoms with Gasteiger partial charge in [-0.1, -0.05) is 23.4 Å². The van der Waals surface area contributed by atoms with Crippen LogP contribution in [-0.4, -0.2) is 37.6 Å². The number of sulfonamides is 1. The number of rotatable bonds is 8. The number of carbonyl (C=O) groups is 1. The van der Waals surface area contributed by atoms with Gasteiger partial charge in [-0.2, -0.15) is 0 Å². The van der Waals surface area contributed by atoms with Crippen molar-refractivity contribution < 1.29 is 17.7 Å². The fourth-order valence-corrected chi connectivity index (χ4v) is 4.35. The number of H-pyrrole nitrogens is 1. The van der Waals surface area contributed by atoms with E-state index in [4.69, 9.17) is 4.52 Å². The van der Waals surface area contributed by atoms with Gasteiger partial charge >= 0.3 is 0 Å². The molecule has 2 heterocycles. The summed E-state index contributed by atoms with van der Waals surface area (Å²) in [5.41, 5.74) is 2.49. The van der Waals surface area contributed by atoms with E-state index in [1.54, 1.807) is 6.92 Å². The zero-order chi connectivity index (χ0) is 19.4.